The normalized spacial score (nSPS) is 15.9. The van der Waals surface area contributed by atoms with Crippen LogP contribution in [0.3, 0.4) is 0 Å². The average molecular weight is 230 g/mol. The smallest absolute Gasteiger partial charge is 0.293 e. The Labute approximate surface area is 97.1 Å². The van der Waals surface area contributed by atoms with Crippen LogP contribution in [0.1, 0.15) is 27.7 Å². The van der Waals surface area contributed by atoms with Crippen molar-refractivity contribution in [1.82, 2.24) is 10.2 Å². The van der Waals surface area contributed by atoms with Crippen molar-refractivity contribution in [2.24, 2.45) is 0 Å². The molecule has 1 amide bonds. The van der Waals surface area contributed by atoms with Crippen LogP contribution in [0, 0.1) is 0 Å². The molecular formula is C11H22N2O3. The molecule has 1 N–H and O–H groups in total. The maximum atomic E-state index is 10.7. The first-order chi connectivity index (χ1) is 7.37. The van der Waals surface area contributed by atoms with E-state index in [1.54, 1.807) is 6.92 Å². The Balaban J connectivity index is 0.000000293. The fourth-order valence-corrected chi connectivity index (χ4v) is 1.12. The summed E-state index contributed by atoms with van der Waals surface area (Å²) in [6.07, 6.45) is 0. The Morgan fingerprint density at radius 1 is 1.31 bits per heavy atom. The predicted octanol–water partition coefficient (Wildman–Crippen LogP) is 0.396. The van der Waals surface area contributed by atoms with E-state index in [9.17, 15) is 9.59 Å². The predicted molar refractivity (Wildman–Crippen MR) is 62.0 cm³/mol. The molecule has 0 aliphatic carbocycles. The number of ether oxygens (including phenoxy) is 1. The second kappa shape index (κ2) is 7.22. The van der Waals surface area contributed by atoms with E-state index in [1.165, 1.54) is 0 Å². The third kappa shape index (κ3) is 8.23. The third-order valence-corrected chi connectivity index (χ3v) is 1.96. The first-order valence-corrected chi connectivity index (χ1v) is 5.44. The molecular weight excluding hydrogens is 208 g/mol. The first kappa shape index (κ1) is 14.9. The Hall–Kier alpha value is -1.10. The summed E-state index contributed by atoms with van der Waals surface area (Å²) in [6, 6.07) is 0. The van der Waals surface area contributed by atoms with Gasteiger partial charge in [-0.05, 0) is 20.8 Å². The minimum atomic E-state index is -0.318. The van der Waals surface area contributed by atoms with Gasteiger partial charge in [-0.3, -0.25) is 9.59 Å². The molecule has 0 saturated carbocycles. The van der Waals surface area contributed by atoms with Crippen LogP contribution < -0.4 is 5.32 Å². The van der Waals surface area contributed by atoms with Crippen LogP contribution in [0.15, 0.2) is 0 Å². The lowest BCUT2D eigenvalue weighted by molar-refractivity contribution is -0.138. The van der Waals surface area contributed by atoms with Gasteiger partial charge in [0.2, 0.25) is 5.91 Å². The van der Waals surface area contributed by atoms with Crippen molar-refractivity contribution in [1.29, 1.82) is 0 Å². The molecule has 0 aromatic carbocycles. The number of nitrogens with one attached hydrogen (secondary N) is 1. The highest BCUT2D eigenvalue weighted by Crippen LogP contribution is 2.02. The van der Waals surface area contributed by atoms with Gasteiger partial charge in [0.25, 0.3) is 6.47 Å². The van der Waals surface area contributed by atoms with Gasteiger partial charge in [-0.1, -0.05) is 0 Å². The minimum Gasteiger partial charge on any atom is -0.462 e. The summed E-state index contributed by atoms with van der Waals surface area (Å²) in [5.74, 6) is 0.191. The molecule has 0 radical (unpaired) electrons. The second-order valence-corrected chi connectivity index (χ2v) is 4.58. The van der Waals surface area contributed by atoms with E-state index in [4.69, 9.17) is 0 Å². The van der Waals surface area contributed by atoms with Crippen LogP contribution in [0.4, 0.5) is 0 Å². The molecule has 1 fully saturated rings. The summed E-state index contributed by atoms with van der Waals surface area (Å²) in [4.78, 5) is 22.2. The van der Waals surface area contributed by atoms with Crippen LogP contribution in [0.25, 0.3) is 0 Å². The van der Waals surface area contributed by atoms with E-state index in [1.807, 2.05) is 25.7 Å². The van der Waals surface area contributed by atoms with Crippen molar-refractivity contribution in [2.75, 3.05) is 26.2 Å². The number of piperazine rings is 1. The van der Waals surface area contributed by atoms with Gasteiger partial charge in [-0.25, -0.2) is 0 Å². The Morgan fingerprint density at radius 2 is 1.81 bits per heavy atom. The molecule has 1 aliphatic rings. The standard InChI is InChI=1S/C6H12N2O.C5H10O2/c1-6(9)8-4-2-7-3-5-8;1-5(2,3)7-4-6/h7H,2-5H2,1H3;4H,1-3H3. The summed E-state index contributed by atoms with van der Waals surface area (Å²) in [5, 5.41) is 3.18. The van der Waals surface area contributed by atoms with Gasteiger partial charge < -0.3 is 15.0 Å². The van der Waals surface area contributed by atoms with Gasteiger partial charge in [0, 0.05) is 33.1 Å². The Kier molecular flexibility index (Phi) is 6.72. The van der Waals surface area contributed by atoms with Crippen LogP contribution >= 0.6 is 0 Å². The van der Waals surface area contributed by atoms with Crippen molar-refractivity contribution in [3.63, 3.8) is 0 Å². The SMILES string of the molecule is CC(=O)N1CCNCC1.CC(C)(C)OC=O. The number of hydrogen-bond donors (Lipinski definition) is 1. The van der Waals surface area contributed by atoms with Gasteiger partial charge in [-0.2, -0.15) is 0 Å². The van der Waals surface area contributed by atoms with E-state index in [2.05, 4.69) is 10.1 Å². The summed E-state index contributed by atoms with van der Waals surface area (Å²) in [5.41, 5.74) is -0.318. The number of hydrogen-bond acceptors (Lipinski definition) is 4. The topological polar surface area (TPSA) is 58.6 Å². The summed E-state index contributed by atoms with van der Waals surface area (Å²) >= 11 is 0. The number of amides is 1. The van der Waals surface area contributed by atoms with Gasteiger partial charge >= 0.3 is 0 Å². The number of carbonyl (C=O) groups excluding carboxylic acids is 2. The van der Waals surface area contributed by atoms with E-state index in [0.29, 0.717) is 6.47 Å². The molecule has 0 aromatic heterocycles. The zero-order valence-corrected chi connectivity index (χ0v) is 10.6. The minimum absolute atomic E-state index is 0.191. The molecule has 1 rings (SSSR count). The summed E-state index contributed by atoms with van der Waals surface area (Å²) < 4.78 is 4.55. The monoisotopic (exact) mass is 230 g/mol. The van der Waals surface area contributed by atoms with E-state index in [-0.39, 0.29) is 11.5 Å². The highest BCUT2D eigenvalue weighted by Gasteiger charge is 2.10. The van der Waals surface area contributed by atoms with E-state index >= 15 is 0 Å². The highest BCUT2D eigenvalue weighted by molar-refractivity contribution is 5.73. The lowest BCUT2D eigenvalue weighted by atomic mass is 10.2. The molecule has 1 saturated heterocycles. The molecule has 0 bridgehead atoms. The molecule has 0 spiro atoms. The van der Waals surface area contributed by atoms with Gasteiger partial charge in [0.1, 0.15) is 5.60 Å². The number of rotatable bonds is 1. The lowest BCUT2D eigenvalue weighted by Crippen LogP contribution is -2.45. The van der Waals surface area contributed by atoms with Crippen molar-refractivity contribution in [3.8, 4) is 0 Å². The van der Waals surface area contributed by atoms with Crippen molar-refractivity contribution < 1.29 is 14.3 Å². The van der Waals surface area contributed by atoms with Gasteiger partial charge in [-0.15, -0.1) is 0 Å². The van der Waals surface area contributed by atoms with Crippen LogP contribution in [-0.4, -0.2) is 49.1 Å². The third-order valence-electron chi connectivity index (χ3n) is 1.96. The average Bonchev–Trinajstić information content (AvgIpc) is 2.18. The van der Waals surface area contributed by atoms with Crippen LogP contribution in [0.2, 0.25) is 0 Å². The maximum Gasteiger partial charge on any atom is 0.293 e. The molecule has 1 aliphatic heterocycles. The Morgan fingerprint density at radius 3 is 2.00 bits per heavy atom. The van der Waals surface area contributed by atoms with Crippen molar-refractivity contribution >= 4 is 12.4 Å². The number of carbonyl (C=O) groups is 2. The molecule has 0 unspecified atom stereocenters. The maximum absolute atomic E-state index is 10.7. The molecule has 5 heteroatoms. The van der Waals surface area contributed by atoms with Gasteiger partial charge in [0.15, 0.2) is 0 Å². The number of nitrogens with zero attached hydrogens (tertiary/aromatic N) is 1. The lowest BCUT2D eigenvalue weighted by Gasteiger charge is -2.25. The van der Waals surface area contributed by atoms with Gasteiger partial charge in [0.05, 0.1) is 0 Å². The molecule has 1 heterocycles. The van der Waals surface area contributed by atoms with Crippen molar-refractivity contribution in [3.05, 3.63) is 0 Å². The van der Waals surface area contributed by atoms with E-state index < -0.39 is 0 Å². The van der Waals surface area contributed by atoms with Crippen molar-refractivity contribution in [2.45, 2.75) is 33.3 Å². The zero-order valence-electron chi connectivity index (χ0n) is 10.6. The largest absolute Gasteiger partial charge is 0.462 e. The summed E-state index contributed by atoms with van der Waals surface area (Å²) in [6.45, 7) is 11.2. The highest BCUT2D eigenvalue weighted by atomic mass is 16.5. The molecule has 0 atom stereocenters. The van der Waals surface area contributed by atoms with Crippen LogP contribution in [-0.2, 0) is 14.3 Å². The molecule has 16 heavy (non-hydrogen) atoms. The fourth-order valence-electron chi connectivity index (χ4n) is 1.12. The zero-order chi connectivity index (χ0) is 12.6. The fraction of sp³-hybridized carbons (Fsp3) is 0.818. The van der Waals surface area contributed by atoms with Crippen LogP contribution in [0.5, 0.6) is 0 Å². The quantitative estimate of drug-likeness (QED) is 0.662. The summed E-state index contributed by atoms with van der Waals surface area (Å²) in [7, 11) is 0. The molecule has 94 valence electrons. The molecule has 0 aromatic rings. The Bertz CT molecular complexity index is 218. The molecule has 5 nitrogen and oxygen atoms in total. The van der Waals surface area contributed by atoms with E-state index in [0.717, 1.165) is 26.2 Å². The second-order valence-electron chi connectivity index (χ2n) is 4.58. The first-order valence-electron chi connectivity index (χ1n) is 5.44.